The number of unbranched alkanes of at least 4 members (excludes halogenated alkanes) is 1. The van der Waals surface area contributed by atoms with Crippen LogP contribution in [0.4, 0.5) is 0 Å². The van der Waals surface area contributed by atoms with Crippen molar-refractivity contribution in [2.45, 2.75) is 45.6 Å². The first-order chi connectivity index (χ1) is 17.3. The third-order valence-electron chi connectivity index (χ3n) is 5.99. The van der Waals surface area contributed by atoms with Crippen LogP contribution in [0.1, 0.15) is 42.5 Å². The molecular weight excluding hydrogens is 436 g/mol. The van der Waals surface area contributed by atoms with Gasteiger partial charge in [0.2, 0.25) is 0 Å². The summed E-state index contributed by atoms with van der Waals surface area (Å²) < 4.78 is 2.07. The molecule has 0 amide bonds. The zero-order chi connectivity index (χ0) is 23.9. The molecular formula is C27H28N8. The van der Waals surface area contributed by atoms with E-state index in [4.69, 9.17) is 15.1 Å². The lowest BCUT2D eigenvalue weighted by Gasteiger charge is -2.08. The largest absolute Gasteiger partial charge is 0.256 e. The highest BCUT2D eigenvalue weighted by atomic mass is 15.5. The van der Waals surface area contributed by atoms with Gasteiger partial charge in [0, 0.05) is 36.7 Å². The molecule has 35 heavy (non-hydrogen) atoms. The monoisotopic (exact) mass is 464 g/mol. The number of nitrogens with zero attached hydrogens (tertiary/aromatic N) is 7. The van der Waals surface area contributed by atoms with Gasteiger partial charge in [0.25, 0.3) is 0 Å². The lowest BCUT2D eigenvalue weighted by molar-refractivity contribution is 0.545. The van der Waals surface area contributed by atoms with Crippen LogP contribution >= 0.6 is 0 Å². The van der Waals surface area contributed by atoms with E-state index in [-0.39, 0.29) is 0 Å². The van der Waals surface area contributed by atoms with Gasteiger partial charge in [-0.15, -0.1) is 5.10 Å². The highest BCUT2D eigenvalue weighted by Gasteiger charge is 2.13. The van der Waals surface area contributed by atoms with Gasteiger partial charge >= 0.3 is 0 Å². The first-order valence-corrected chi connectivity index (χ1v) is 12.0. The molecule has 8 nitrogen and oxygen atoms in total. The van der Waals surface area contributed by atoms with Crippen LogP contribution in [0, 0.1) is 0 Å². The fraction of sp³-hybridized carbons (Fsp3) is 0.259. The molecule has 3 aromatic heterocycles. The summed E-state index contributed by atoms with van der Waals surface area (Å²) in [7, 11) is 0. The van der Waals surface area contributed by atoms with Gasteiger partial charge < -0.3 is 0 Å². The number of hydrogen-bond donors (Lipinski definition) is 1. The van der Waals surface area contributed by atoms with Gasteiger partial charge in [-0.25, -0.2) is 14.8 Å². The summed E-state index contributed by atoms with van der Waals surface area (Å²) in [6.07, 6.45) is 6.60. The van der Waals surface area contributed by atoms with Crippen molar-refractivity contribution in [1.82, 2.24) is 40.4 Å². The molecule has 0 aliphatic carbocycles. The number of aromatic nitrogens is 8. The molecule has 8 heteroatoms. The number of H-pyrrole nitrogens is 1. The van der Waals surface area contributed by atoms with Crippen LogP contribution in [-0.4, -0.2) is 40.4 Å². The van der Waals surface area contributed by atoms with Crippen LogP contribution in [0.3, 0.4) is 0 Å². The van der Waals surface area contributed by atoms with Crippen molar-refractivity contribution in [3.63, 3.8) is 0 Å². The van der Waals surface area contributed by atoms with E-state index in [9.17, 15) is 0 Å². The lowest BCUT2D eigenvalue weighted by atomic mass is 10.0. The first kappa shape index (κ1) is 22.6. The van der Waals surface area contributed by atoms with E-state index in [1.165, 1.54) is 5.56 Å². The number of rotatable bonds is 10. The van der Waals surface area contributed by atoms with Crippen LogP contribution in [0.15, 0.2) is 72.9 Å². The summed E-state index contributed by atoms with van der Waals surface area (Å²) in [4.78, 5) is 9.65. The molecule has 0 atom stereocenters. The summed E-state index contributed by atoms with van der Waals surface area (Å²) >= 11 is 0. The van der Waals surface area contributed by atoms with Crippen LogP contribution in [0.25, 0.3) is 22.6 Å². The second-order valence-corrected chi connectivity index (χ2v) is 8.53. The van der Waals surface area contributed by atoms with Crippen LogP contribution in [0.5, 0.6) is 0 Å². The molecule has 0 radical (unpaired) electrons. The van der Waals surface area contributed by atoms with Crippen molar-refractivity contribution in [1.29, 1.82) is 0 Å². The summed E-state index contributed by atoms with van der Waals surface area (Å²) in [6, 6.07) is 22.6. The zero-order valence-electron chi connectivity index (χ0n) is 19.8. The lowest BCUT2D eigenvalue weighted by Crippen LogP contribution is -2.07. The SMILES string of the molecule is CCCCn1nc(CCc2ccccc2)nc1Cc1ccc(-c2ccccc2-c2nnn[nH]2)nc1. The number of aryl methyl sites for hydroxylation is 3. The highest BCUT2D eigenvalue weighted by Crippen LogP contribution is 2.28. The Labute approximate surface area is 204 Å². The normalized spacial score (nSPS) is 11.1. The zero-order valence-corrected chi connectivity index (χ0v) is 19.8. The van der Waals surface area contributed by atoms with Gasteiger partial charge in [-0.2, -0.15) is 5.10 Å². The number of nitrogens with one attached hydrogen (secondary N) is 1. The smallest absolute Gasteiger partial charge is 0.180 e. The molecule has 5 rings (SSSR count). The molecule has 0 aliphatic heterocycles. The maximum Gasteiger partial charge on any atom is 0.180 e. The maximum atomic E-state index is 4.90. The second-order valence-electron chi connectivity index (χ2n) is 8.53. The predicted molar refractivity (Wildman–Crippen MR) is 134 cm³/mol. The quantitative estimate of drug-likeness (QED) is 0.322. The second kappa shape index (κ2) is 10.8. The van der Waals surface area contributed by atoms with Crippen molar-refractivity contribution in [2.24, 2.45) is 0 Å². The van der Waals surface area contributed by atoms with Crippen LogP contribution in [0.2, 0.25) is 0 Å². The van der Waals surface area contributed by atoms with Crippen molar-refractivity contribution < 1.29 is 0 Å². The molecule has 0 bridgehead atoms. The van der Waals surface area contributed by atoms with Gasteiger partial charge in [-0.1, -0.05) is 74.0 Å². The fourth-order valence-electron chi connectivity index (χ4n) is 4.11. The van der Waals surface area contributed by atoms with E-state index in [0.717, 1.165) is 66.3 Å². The molecule has 5 aromatic rings. The molecule has 0 saturated heterocycles. The molecule has 0 saturated carbocycles. The van der Waals surface area contributed by atoms with Crippen LogP contribution in [-0.2, 0) is 25.8 Å². The van der Waals surface area contributed by atoms with Crippen molar-refractivity contribution in [3.8, 4) is 22.6 Å². The van der Waals surface area contributed by atoms with Gasteiger partial charge in [0.1, 0.15) is 5.82 Å². The highest BCUT2D eigenvalue weighted by molar-refractivity contribution is 5.78. The van der Waals surface area contributed by atoms with E-state index in [1.54, 1.807) is 0 Å². The number of aromatic amines is 1. The third kappa shape index (κ3) is 5.48. The minimum absolute atomic E-state index is 0.624. The summed E-state index contributed by atoms with van der Waals surface area (Å²) in [5.41, 5.74) is 5.18. The maximum absolute atomic E-state index is 4.90. The Kier molecular flexibility index (Phi) is 6.98. The molecule has 1 N–H and O–H groups in total. The molecule has 0 fully saturated rings. The Morgan fingerprint density at radius 3 is 2.43 bits per heavy atom. The molecule has 0 unspecified atom stereocenters. The first-order valence-electron chi connectivity index (χ1n) is 12.0. The molecule has 176 valence electrons. The summed E-state index contributed by atoms with van der Waals surface area (Å²) in [5.74, 6) is 2.52. The molecule has 3 heterocycles. The van der Waals surface area contributed by atoms with Gasteiger partial charge in [-0.3, -0.25) is 4.98 Å². The van der Waals surface area contributed by atoms with E-state index < -0.39 is 0 Å². The van der Waals surface area contributed by atoms with Crippen molar-refractivity contribution in [2.75, 3.05) is 0 Å². The number of tetrazole rings is 1. The molecule has 0 spiro atoms. The Morgan fingerprint density at radius 1 is 0.857 bits per heavy atom. The van der Waals surface area contributed by atoms with E-state index in [1.807, 2.05) is 42.6 Å². The number of hydrogen-bond acceptors (Lipinski definition) is 6. The minimum Gasteiger partial charge on any atom is -0.256 e. The topological polar surface area (TPSA) is 98.1 Å². The van der Waals surface area contributed by atoms with Gasteiger partial charge in [-0.05, 0) is 40.5 Å². The Hall–Kier alpha value is -4.20. The Bertz CT molecular complexity index is 1340. The van der Waals surface area contributed by atoms with Gasteiger partial charge in [0.15, 0.2) is 11.6 Å². The molecule has 0 aliphatic rings. The average molecular weight is 465 g/mol. The summed E-state index contributed by atoms with van der Waals surface area (Å²) in [5, 5.41) is 19.1. The van der Waals surface area contributed by atoms with Gasteiger partial charge in [0.05, 0.1) is 5.69 Å². The summed E-state index contributed by atoms with van der Waals surface area (Å²) in [6.45, 7) is 3.08. The number of pyridine rings is 1. The Morgan fingerprint density at radius 2 is 1.69 bits per heavy atom. The average Bonchev–Trinajstić information content (AvgIpc) is 3.58. The standard InChI is InChI=1S/C27H28N8/c1-2-3-17-35-26(29-25(32-35)16-14-20-9-5-4-6-10-20)18-21-13-15-24(28-19-21)22-11-7-8-12-23(22)27-30-33-34-31-27/h4-13,15,19H,2-3,14,16-18H2,1H3,(H,30,31,33,34). The molecule has 2 aromatic carbocycles. The van der Waals surface area contributed by atoms with Crippen molar-refractivity contribution in [3.05, 3.63) is 95.7 Å². The number of benzene rings is 2. The van der Waals surface area contributed by atoms with Crippen LogP contribution < -0.4 is 0 Å². The fourth-order valence-corrected chi connectivity index (χ4v) is 4.11. The van der Waals surface area contributed by atoms with Crippen molar-refractivity contribution >= 4 is 0 Å². The third-order valence-corrected chi connectivity index (χ3v) is 5.99. The predicted octanol–water partition coefficient (Wildman–Crippen LogP) is 4.70. The van der Waals surface area contributed by atoms with E-state index in [2.05, 4.69) is 62.6 Å². The van der Waals surface area contributed by atoms with E-state index in [0.29, 0.717) is 12.2 Å². The minimum atomic E-state index is 0.624. The Balaban J connectivity index is 1.34. The van der Waals surface area contributed by atoms with E-state index >= 15 is 0 Å².